The molecule has 26 heavy (non-hydrogen) atoms. The van der Waals surface area contributed by atoms with Crippen LogP contribution in [0.5, 0.6) is 5.75 Å². The number of methoxy groups -OCH3 is 1. The normalized spacial score (nSPS) is 29.1. The number of esters is 1. The first-order valence-corrected chi connectivity index (χ1v) is 9.10. The summed E-state index contributed by atoms with van der Waals surface area (Å²) in [6.45, 7) is 6.72. The van der Waals surface area contributed by atoms with Gasteiger partial charge in [0.15, 0.2) is 11.3 Å². The van der Waals surface area contributed by atoms with E-state index in [-0.39, 0.29) is 22.5 Å². The average molecular weight is 356 g/mol. The standard InChI is InChI=1S/C21H24O5/c1-20(2)13-8-9-21(20,3)16(11-13)25-18(22)14-10-12-6-5-7-15(24-4)17(12)26-19(14)23/h5-7,10,13,16H,8-9,11H2,1-4H3/t13-,16+,21-/m0/s1. The molecule has 1 heterocycles. The predicted octanol–water partition coefficient (Wildman–Crippen LogP) is 4.17. The summed E-state index contributed by atoms with van der Waals surface area (Å²) in [7, 11) is 1.51. The van der Waals surface area contributed by atoms with E-state index in [4.69, 9.17) is 13.9 Å². The maximum atomic E-state index is 12.7. The molecule has 4 rings (SSSR count). The summed E-state index contributed by atoms with van der Waals surface area (Å²) in [6, 6.07) is 6.81. The molecule has 138 valence electrons. The van der Waals surface area contributed by atoms with Crippen LogP contribution in [0, 0.1) is 16.7 Å². The molecular formula is C21H24O5. The van der Waals surface area contributed by atoms with Crippen molar-refractivity contribution >= 4 is 16.9 Å². The lowest BCUT2D eigenvalue weighted by molar-refractivity contribution is -0.0245. The highest BCUT2D eigenvalue weighted by Crippen LogP contribution is 2.66. The molecule has 2 aliphatic rings. The fourth-order valence-corrected chi connectivity index (χ4v) is 4.92. The van der Waals surface area contributed by atoms with E-state index in [1.807, 2.05) is 0 Å². The van der Waals surface area contributed by atoms with Crippen LogP contribution in [0.25, 0.3) is 11.0 Å². The molecule has 2 aliphatic carbocycles. The quantitative estimate of drug-likeness (QED) is 0.610. The third kappa shape index (κ3) is 2.22. The molecule has 2 saturated carbocycles. The van der Waals surface area contributed by atoms with Crippen molar-refractivity contribution in [2.24, 2.45) is 16.7 Å². The molecule has 2 fully saturated rings. The van der Waals surface area contributed by atoms with Gasteiger partial charge in [-0.05, 0) is 42.7 Å². The molecule has 1 aromatic heterocycles. The van der Waals surface area contributed by atoms with Gasteiger partial charge in [0, 0.05) is 10.8 Å². The number of carbonyl (C=O) groups is 1. The molecule has 0 radical (unpaired) electrons. The Bertz CT molecular complexity index is 941. The summed E-state index contributed by atoms with van der Waals surface area (Å²) >= 11 is 0. The summed E-state index contributed by atoms with van der Waals surface area (Å²) < 4.78 is 16.4. The smallest absolute Gasteiger partial charge is 0.351 e. The van der Waals surface area contributed by atoms with Gasteiger partial charge in [-0.15, -0.1) is 0 Å². The minimum atomic E-state index is -0.695. The Kier molecular flexibility index (Phi) is 3.69. The van der Waals surface area contributed by atoms with E-state index >= 15 is 0 Å². The van der Waals surface area contributed by atoms with Crippen LogP contribution in [0.15, 0.2) is 33.5 Å². The Balaban J connectivity index is 1.66. The lowest BCUT2D eigenvalue weighted by Gasteiger charge is -2.38. The molecular weight excluding hydrogens is 332 g/mol. The van der Waals surface area contributed by atoms with Crippen LogP contribution >= 0.6 is 0 Å². The first-order valence-electron chi connectivity index (χ1n) is 9.10. The summed E-state index contributed by atoms with van der Waals surface area (Å²) in [5, 5.41) is 0.635. The highest BCUT2D eigenvalue weighted by Gasteiger charge is 2.62. The van der Waals surface area contributed by atoms with E-state index in [1.165, 1.54) is 19.6 Å². The first kappa shape index (κ1) is 17.1. The van der Waals surface area contributed by atoms with Gasteiger partial charge < -0.3 is 13.9 Å². The van der Waals surface area contributed by atoms with Crippen LogP contribution in [0.3, 0.4) is 0 Å². The fraction of sp³-hybridized carbons (Fsp3) is 0.524. The zero-order valence-corrected chi connectivity index (χ0v) is 15.6. The molecule has 5 nitrogen and oxygen atoms in total. The second kappa shape index (κ2) is 5.60. The maximum absolute atomic E-state index is 12.7. The molecule has 0 saturated heterocycles. The lowest BCUT2D eigenvalue weighted by Crippen LogP contribution is -2.38. The van der Waals surface area contributed by atoms with Crippen molar-refractivity contribution in [2.75, 3.05) is 7.11 Å². The Labute approximate surface area is 152 Å². The third-order valence-electron chi connectivity index (χ3n) is 7.13. The van der Waals surface area contributed by atoms with E-state index in [1.54, 1.807) is 18.2 Å². The van der Waals surface area contributed by atoms with E-state index in [9.17, 15) is 9.59 Å². The summed E-state index contributed by atoms with van der Waals surface area (Å²) in [5.41, 5.74) is -0.327. The molecule has 5 heteroatoms. The first-order chi connectivity index (χ1) is 12.3. The largest absolute Gasteiger partial charge is 0.493 e. The molecule has 0 unspecified atom stereocenters. The van der Waals surface area contributed by atoms with Gasteiger partial charge in [0.25, 0.3) is 0 Å². The minimum Gasteiger partial charge on any atom is -0.493 e. The molecule has 0 aliphatic heterocycles. The summed E-state index contributed by atoms with van der Waals surface area (Å²) in [4.78, 5) is 25.1. The lowest BCUT2D eigenvalue weighted by atomic mass is 9.70. The SMILES string of the molecule is COc1cccc2cc(C(=O)O[C@@H]3C[C@@H]4CC[C@]3(C)C4(C)C)c(=O)oc12. The Morgan fingerprint density at radius 2 is 2.04 bits per heavy atom. The van der Waals surface area contributed by atoms with E-state index in [0.29, 0.717) is 22.6 Å². The van der Waals surface area contributed by atoms with Crippen LogP contribution in [0.1, 0.15) is 50.4 Å². The number of hydrogen-bond acceptors (Lipinski definition) is 5. The van der Waals surface area contributed by atoms with Crippen molar-refractivity contribution in [3.63, 3.8) is 0 Å². The molecule has 1 aromatic carbocycles. The van der Waals surface area contributed by atoms with Gasteiger partial charge in [-0.25, -0.2) is 9.59 Å². The summed E-state index contributed by atoms with van der Waals surface area (Å²) in [5.74, 6) is 0.419. The van der Waals surface area contributed by atoms with Crippen molar-refractivity contribution in [3.8, 4) is 5.75 Å². The van der Waals surface area contributed by atoms with Gasteiger partial charge in [0.1, 0.15) is 11.7 Å². The molecule has 0 spiro atoms. The Morgan fingerprint density at radius 3 is 2.65 bits per heavy atom. The van der Waals surface area contributed by atoms with Crippen molar-refractivity contribution in [3.05, 3.63) is 40.2 Å². The average Bonchev–Trinajstić information content (AvgIpc) is 2.94. The second-order valence-corrected chi connectivity index (χ2v) is 8.33. The van der Waals surface area contributed by atoms with Crippen molar-refractivity contribution < 1.29 is 18.7 Å². The molecule has 0 amide bonds. The van der Waals surface area contributed by atoms with Gasteiger partial charge in [-0.3, -0.25) is 0 Å². The number of carbonyl (C=O) groups excluding carboxylic acids is 1. The van der Waals surface area contributed by atoms with Crippen molar-refractivity contribution in [1.82, 2.24) is 0 Å². The van der Waals surface area contributed by atoms with Crippen molar-refractivity contribution in [2.45, 2.75) is 46.1 Å². The van der Waals surface area contributed by atoms with Crippen LogP contribution < -0.4 is 10.4 Å². The van der Waals surface area contributed by atoms with E-state index in [0.717, 1.165) is 12.8 Å². The molecule has 0 N–H and O–H groups in total. The van der Waals surface area contributed by atoms with Gasteiger partial charge in [0.05, 0.1) is 7.11 Å². The van der Waals surface area contributed by atoms with Gasteiger partial charge in [0.2, 0.25) is 0 Å². The monoisotopic (exact) mass is 356 g/mol. The van der Waals surface area contributed by atoms with Crippen LogP contribution in [-0.4, -0.2) is 19.2 Å². The van der Waals surface area contributed by atoms with Gasteiger partial charge in [-0.1, -0.05) is 32.9 Å². The zero-order valence-electron chi connectivity index (χ0n) is 15.6. The van der Waals surface area contributed by atoms with Crippen LogP contribution in [0.4, 0.5) is 0 Å². The molecule has 2 aromatic rings. The maximum Gasteiger partial charge on any atom is 0.351 e. The minimum absolute atomic E-state index is 0.0480. The third-order valence-corrected chi connectivity index (χ3v) is 7.13. The fourth-order valence-electron chi connectivity index (χ4n) is 4.92. The molecule has 3 atom stereocenters. The van der Waals surface area contributed by atoms with Crippen molar-refractivity contribution in [1.29, 1.82) is 0 Å². The number of rotatable bonds is 3. The zero-order chi connectivity index (χ0) is 18.7. The Hall–Kier alpha value is -2.30. The second-order valence-electron chi connectivity index (χ2n) is 8.33. The number of fused-ring (bicyclic) bond motifs is 3. The van der Waals surface area contributed by atoms with Gasteiger partial charge in [-0.2, -0.15) is 0 Å². The number of ether oxygens (including phenoxy) is 2. The summed E-state index contributed by atoms with van der Waals surface area (Å²) in [6.07, 6.45) is 2.92. The van der Waals surface area contributed by atoms with Gasteiger partial charge >= 0.3 is 11.6 Å². The highest BCUT2D eigenvalue weighted by molar-refractivity contribution is 5.94. The Morgan fingerprint density at radius 1 is 1.27 bits per heavy atom. The number of hydrogen-bond donors (Lipinski definition) is 0. The molecule has 2 bridgehead atoms. The van der Waals surface area contributed by atoms with E-state index < -0.39 is 11.6 Å². The number of benzene rings is 1. The topological polar surface area (TPSA) is 65.7 Å². The predicted molar refractivity (Wildman–Crippen MR) is 97.5 cm³/mol. The van der Waals surface area contributed by atoms with Crippen LogP contribution in [0.2, 0.25) is 0 Å². The van der Waals surface area contributed by atoms with E-state index in [2.05, 4.69) is 20.8 Å². The van der Waals surface area contributed by atoms with Crippen LogP contribution in [-0.2, 0) is 4.74 Å². The highest BCUT2D eigenvalue weighted by atomic mass is 16.5. The number of para-hydroxylation sites is 1.